The summed E-state index contributed by atoms with van der Waals surface area (Å²) in [7, 11) is 1.43. The van der Waals surface area contributed by atoms with Crippen LogP contribution in [0.4, 0.5) is 8.78 Å². The number of rotatable bonds is 6. The van der Waals surface area contributed by atoms with Crippen molar-refractivity contribution in [2.45, 2.75) is 39.3 Å². The van der Waals surface area contributed by atoms with E-state index in [9.17, 15) is 8.78 Å². The predicted molar refractivity (Wildman–Crippen MR) is 71.1 cm³/mol. The van der Waals surface area contributed by atoms with Gasteiger partial charge in [0.1, 0.15) is 0 Å². The van der Waals surface area contributed by atoms with Crippen LogP contribution in [0.2, 0.25) is 0 Å². The van der Waals surface area contributed by atoms with Gasteiger partial charge in [-0.05, 0) is 51.4 Å². The fourth-order valence-corrected chi connectivity index (χ4v) is 1.65. The quantitative estimate of drug-likeness (QED) is 0.863. The first kappa shape index (κ1) is 15.7. The van der Waals surface area contributed by atoms with Crippen molar-refractivity contribution in [3.8, 4) is 11.5 Å². The van der Waals surface area contributed by atoms with Crippen LogP contribution in [0.25, 0.3) is 0 Å². The Kier molecular flexibility index (Phi) is 5.54. The van der Waals surface area contributed by atoms with Gasteiger partial charge in [-0.3, -0.25) is 0 Å². The lowest BCUT2D eigenvalue weighted by Gasteiger charge is -2.20. The standard InChI is InChI=1S/C14H21F2NO2/c1-14(2,3)17-8-7-10-5-6-11(18-4)12(9-10)19-13(15)16/h5-6,9,13,17H,7-8H2,1-4H3. The Bertz CT molecular complexity index is 403. The highest BCUT2D eigenvalue weighted by Gasteiger charge is 2.12. The van der Waals surface area contributed by atoms with E-state index in [0.29, 0.717) is 5.75 Å². The average molecular weight is 273 g/mol. The molecule has 0 heterocycles. The minimum absolute atomic E-state index is 0.0365. The molecule has 0 radical (unpaired) electrons. The first-order valence-electron chi connectivity index (χ1n) is 6.18. The number of hydrogen-bond acceptors (Lipinski definition) is 3. The van der Waals surface area contributed by atoms with E-state index in [4.69, 9.17) is 4.74 Å². The summed E-state index contributed by atoms with van der Waals surface area (Å²) in [5.74, 6) is 0.388. The molecule has 0 bridgehead atoms. The van der Waals surface area contributed by atoms with Crippen LogP contribution in [0.5, 0.6) is 11.5 Å². The van der Waals surface area contributed by atoms with Crippen LogP contribution in [0, 0.1) is 0 Å². The van der Waals surface area contributed by atoms with Crippen molar-refractivity contribution >= 4 is 0 Å². The summed E-state index contributed by atoms with van der Waals surface area (Å²) in [5, 5.41) is 3.34. The molecule has 0 atom stereocenters. The minimum Gasteiger partial charge on any atom is -0.493 e. The summed E-state index contributed by atoms with van der Waals surface area (Å²) in [6, 6.07) is 5.08. The Balaban J connectivity index is 2.69. The molecule has 108 valence electrons. The van der Waals surface area contributed by atoms with Crippen molar-refractivity contribution in [2.24, 2.45) is 0 Å². The largest absolute Gasteiger partial charge is 0.493 e. The molecule has 0 spiro atoms. The monoisotopic (exact) mass is 273 g/mol. The lowest BCUT2D eigenvalue weighted by molar-refractivity contribution is -0.0512. The van der Waals surface area contributed by atoms with Crippen LogP contribution in [-0.2, 0) is 6.42 Å². The van der Waals surface area contributed by atoms with Crippen molar-refractivity contribution in [1.82, 2.24) is 5.32 Å². The first-order valence-corrected chi connectivity index (χ1v) is 6.18. The maximum Gasteiger partial charge on any atom is 0.387 e. The molecular formula is C14H21F2NO2. The van der Waals surface area contributed by atoms with Crippen LogP contribution in [-0.4, -0.2) is 25.8 Å². The predicted octanol–water partition coefficient (Wildman–Crippen LogP) is 3.23. The number of ether oxygens (including phenoxy) is 2. The molecule has 0 unspecified atom stereocenters. The highest BCUT2D eigenvalue weighted by atomic mass is 19.3. The van der Waals surface area contributed by atoms with Gasteiger partial charge in [0.05, 0.1) is 7.11 Å². The number of benzene rings is 1. The summed E-state index contributed by atoms with van der Waals surface area (Å²) >= 11 is 0. The van der Waals surface area contributed by atoms with Crippen LogP contribution in [0.15, 0.2) is 18.2 Å². The van der Waals surface area contributed by atoms with Gasteiger partial charge in [0.15, 0.2) is 11.5 Å². The molecule has 19 heavy (non-hydrogen) atoms. The zero-order chi connectivity index (χ0) is 14.5. The number of hydrogen-bond donors (Lipinski definition) is 1. The summed E-state index contributed by atoms with van der Waals surface area (Å²) < 4.78 is 34.0. The Morgan fingerprint density at radius 2 is 1.89 bits per heavy atom. The Morgan fingerprint density at radius 3 is 2.42 bits per heavy atom. The molecule has 0 fully saturated rings. The number of alkyl halides is 2. The zero-order valence-electron chi connectivity index (χ0n) is 11.8. The zero-order valence-corrected chi connectivity index (χ0v) is 11.8. The third kappa shape index (κ3) is 5.87. The molecule has 0 aliphatic heterocycles. The molecule has 1 rings (SSSR count). The van der Waals surface area contributed by atoms with Gasteiger partial charge in [0.2, 0.25) is 0 Å². The molecule has 0 amide bonds. The van der Waals surface area contributed by atoms with Gasteiger partial charge in [-0.25, -0.2) is 0 Å². The maximum absolute atomic E-state index is 12.3. The SMILES string of the molecule is COc1ccc(CCNC(C)(C)C)cc1OC(F)F. The summed E-state index contributed by atoms with van der Waals surface area (Å²) in [6.45, 7) is 4.14. The second kappa shape index (κ2) is 6.70. The summed E-state index contributed by atoms with van der Waals surface area (Å²) in [4.78, 5) is 0. The van der Waals surface area contributed by atoms with E-state index in [0.717, 1.165) is 18.5 Å². The van der Waals surface area contributed by atoms with Crippen LogP contribution in [0.1, 0.15) is 26.3 Å². The molecule has 0 aliphatic rings. The molecule has 0 saturated heterocycles. The molecule has 1 N–H and O–H groups in total. The Labute approximate surface area is 112 Å². The molecule has 0 saturated carbocycles. The highest BCUT2D eigenvalue weighted by Crippen LogP contribution is 2.29. The number of methoxy groups -OCH3 is 1. The van der Waals surface area contributed by atoms with E-state index in [1.165, 1.54) is 7.11 Å². The molecular weight excluding hydrogens is 252 g/mol. The van der Waals surface area contributed by atoms with Crippen molar-refractivity contribution in [2.75, 3.05) is 13.7 Å². The van der Waals surface area contributed by atoms with E-state index in [1.54, 1.807) is 12.1 Å². The van der Waals surface area contributed by atoms with E-state index in [1.807, 2.05) is 6.07 Å². The fourth-order valence-electron chi connectivity index (χ4n) is 1.65. The van der Waals surface area contributed by atoms with Crippen LogP contribution >= 0.6 is 0 Å². The molecule has 3 nitrogen and oxygen atoms in total. The van der Waals surface area contributed by atoms with Gasteiger partial charge in [0, 0.05) is 5.54 Å². The third-order valence-corrected chi connectivity index (χ3v) is 2.51. The smallest absolute Gasteiger partial charge is 0.387 e. The van der Waals surface area contributed by atoms with Gasteiger partial charge < -0.3 is 14.8 Å². The molecule has 1 aromatic carbocycles. The summed E-state index contributed by atoms with van der Waals surface area (Å²) in [6.07, 6.45) is 0.737. The van der Waals surface area contributed by atoms with E-state index in [-0.39, 0.29) is 11.3 Å². The Hall–Kier alpha value is -1.36. The second-order valence-electron chi connectivity index (χ2n) is 5.29. The van der Waals surface area contributed by atoms with Crippen molar-refractivity contribution < 1.29 is 18.3 Å². The van der Waals surface area contributed by atoms with E-state index in [2.05, 4.69) is 30.8 Å². The molecule has 0 aliphatic carbocycles. The number of nitrogens with one attached hydrogen (secondary N) is 1. The van der Waals surface area contributed by atoms with Crippen molar-refractivity contribution in [1.29, 1.82) is 0 Å². The third-order valence-electron chi connectivity index (χ3n) is 2.51. The average Bonchev–Trinajstić information content (AvgIpc) is 2.27. The van der Waals surface area contributed by atoms with Gasteiger partial charge in [-0.1, -0.05) is 6.07 Å². The topological polar surface area (TPSA) is 30.5 Å². The van der Waals surface area contributed by atoms with E-state index < -0.39 is 6.61 Å². The summed E-state index contributed by atoms with van der Waals surface area (Å²) in [5.41, 5.74) is 0.961. The number of halogens is 2. The molecule has 5 heteroatoms. The first-order chi connectivity index (χ1) is 8.81. The van der Waals surface area contributed by atoms with Crippen LogP contribution < -0.4 is 14.8 Å². The maximum atomic E-state index is 12.3. The van der Waals surface area contributed by atoms with Gasteiger partial charge in [-0.2, -0.15) is 8.78 Å². The highest BCUT2D eigenvalue weighted by molar-refractivity contribution is 5.43. The Morgan fingerprint density at radius 1 is 1.21 bits per heavy atom. The van der Waals surface area contributed by atoms with Gasteiger partial charge >= 0.3 is 6.61 Å². The lowest BCUT2D eigenvalue weighted by Crippen LogP contribution is -2.37. The van der Waals surface area contributed by atoms with E-state index >= 15 is 0 Å². The minimum atomic E-state index is -2.85. The molecule has 0 aromatic heterocycles. The van der Waals surface area contributed by atoms with Gasteiger partial charge in [-0.15, -0.1) is 0 Å². The van der Waals surface area contributed by atoms with Crippen molar-refractivity contribution in [3.63, 3.8) is 0 Å². The fraction of sp³-hybridized carbons (Fsp3) is 0.571. The van der Waals surface area contributed by atoms with Crippen LogP contribution in [0.3, 0.4) is 0 Å². The molecule has 1 aromatic rings. The van der Waals surface area contributed by atoms with Crippen molar-refractivity contribution in [3.05, 3.63) is 23.8 Å². The van der Waals surface area contributed by atoms with Gasteiger partial charge in [0.25, 0.3) is 0 Å². The normalized spacial score (nSPS) is 11.7. The second-order valence-corrected chi connectivity index (χ2v) is 5.29. The lowest BCUT2D eigenvalue weighted by atomic mass is 10.1.